The van der Waals surface area contributed by atoms with Crippen molar-refractivity contribution in [2.75, 3.05) is 13.7 Å². The standard InChI is InChI=1S/C24H26N2O5/c1-24(2)7-6-14-15-10-21(31-9-5-4-8-25)20(30-3)11-16(15)18-12-19(27)17(23(28)29)13-26(18)22(14)24/h10-14,22H,4-7,9H2,1-3H3,(H,28,29)/t14-,22+/m1/s1. The molecule has 0 bridgehead atoms. The lowest BCUT2D eigenvalue weighted by Crippen LogP contribution is -2.32. The summed E-state index contributed by atoms with van der Waals surface area (Å²) in [7, 11) is 1.56. The van der Waals surface area contributed by atoms with E-state index in [2.05, 4.69) is 19.9 Å². The summed E-state index contributed by atoms with van der Waals surface area (Å²) >= 11 is 0. The molecule has 0 radical (unpaired) electrons. The van der Waals surface area contributed by atoms with Gasteiger partial charge < -0.3 is 19.1 Å². The van der Waals surface area contributed by atoms with Crippen LogP contribution < -0.4 is 14.9 Å². The van der Waals surface area contributed by atoms with Crippen molar-refractivity contribution in [3.8, 4) is 28.8 Å². The van der Waals surface area contributed by atoms with Gasteiger partial charge >= 0.3 is 5.97 Å². The summed E-state index contributed by atoms with van der Waals surface area (Å²) in [4.78, 5) is 24.2. The second-order valence-corrected chi connectivity index (χ2v) is 8.93. The topological polar surface area (TPSA) is 102 Å². The van der Waals surface area contributed by atoms with E-state index in [1.807, 2.05) is 16.7 Å². The van der Waals surface area contributed by atoms with Gasteiger partial charge in [0.2, 0.25) is 0 Å². The van der Waals surface area contributed by atoms with E-state index in [4.69, 9.17) is 14.7 Å². The highest BCUT2D eigenvalue weighted by Gasteiger charge is 2.47. The fraction of sp³-hybridized carbons (Fsp3) is 0.458. The molecule has 1 saturated carbocycles. The second-order valence-electron chi connectivity index (χ2n) is 8.93. The predicted octanol–water partition coefficient (Wildman–Crippen LogP) is 4.36. The molecular weight excluding hydrogens is 396 g/mol. The lowest BCUT2D eigenvalue weighted by molar-refractivity contribution is 0.0693. The first-order valence-corrected chi connectivity index (χ1v) is 10.5. The Labute approximate surface area is 180 Å². The minimum atomic E-state index is -1.21. The Kier molecular flexibility index (Phi) is 5.26. The smallest absolute Gasteiger partial charge is 0.341 e. The first-order chi connectivity index (χ1) is 14.8. The SMILES string of the molecule is COc1cc2c(cc1OCCCC#N)[C@H]1CCC(C)(C)[C@H]1n1cc(C(=O)O)c(=O)cc1-2. The number of benzene rings is 1. The van der Waals surface area contributed by atoms with E-state index in [-0.39, 0.29) is 22.9 Å². The van der Waals surface area contributed by atoms with Crippen LogP contribution in [0.1, 0.15) is 67.4 Å². The molecule has 1 aromatic heterocycles. The number of nitriles is 1. The van der Waals surface area contributed by atoms with E-state index in [0.717, 1.165) is 24.0 Å². The Morgan fingerprint density at radius 1 is 1.32 bits per heavy atom. The van der Waals surface area contributed by atoms with Crippen molar-refractivity contribution in [1.29, 1.82) is 5.26 Å². The first kappa shape index (κ1) is 21.0. The quantitative estimate of drug-likeness (QED) is 0.694. The Morgan fingerprint density at radius 3 is 2.77 bits per heavy atom. The van der Waals surface area contributed by atoms with Gasteiger partial charge in [0.05, 0.1) is 25.5 Å². The molecule has 0 spiro atoms. The van der Waals surface area contributed by atoms with E-state index in [9.17, 15) is 14.7 Å². The number of nitrogens with zero attached hydrogens (tertiary/aromatic N) is 2. The molecule has 1 fully saturated rings. The molecule has 1 N–H and O–H groups in total. The number of fused-ring (bicyclic) bond motifs is 6. The van der Waals surface area contributed by atoms with E-state index in [1.54, 1.807) is 7.11 Å². The fourth-order valence-corrected chi connectivity index (χ4v) is 5.14. The summed E-state index contributed by atoms with van der Waals surface area (Å²) in [6, 6.07) is 7.46. The Balaban J connectivity index is 1.90. The van der Waals surface area contributed by atoms with Crippen LogP contribution >= 0.6 is 0 Å². The largest absolute Gasteiger partial charge is 0.493 e. The molecule has 4 rings (SSSR count). The number of ether oxygens (including phenoxy) is 2. The zero-order valence-corrected chi connectivity index (χ0v) is 18.0. The molecule has 7 heteroatoms. The molecule has 0 saturated heterocycles. The number of rotatable bonds is 6. The molecule has 1 aliphatic heterocycles. The third kappa shape index (κ3) is 3.46. The number of unbranched alkanes of at least 4 members (excludes halogenated alkanes) is 1. The van der Waals surface area contributed by atoms with Gasteiger partial charge in [-0.1, -0.05) is 13.8 Å². The highest BCUT2D eigenvalue weighted by Crippen LogP contribution is 2.59. The molecule has 31 heavy (non-hydrogen) atoms. The van der Waals surface area contributed by atoms with Gasteiger partial charge in [-0.25, -0.2) is 4.79 Å². The average Bonchev–Trinajstić information content (AvgIpc) is 3.05. The van der Waals surface area contributed by atoms with Crippen LogP contribution in [0.25, 0.3) is 11.3 Å². The number of carboxylic acids is 1. The number of pyridine rings is 1. The van der Waals surface area contributed by atoms with Gasteiger partial charge in [0.25, 0.3) is 0 Å². The molecule has 2 aliphatic rings. The lowest BCUT2D eigenvalue weighted by atomic mass is 9.77. The van der Waals surface area contributed by atoms with Gasteiger partial charge in [-0.2, -0.15) is 5.26 Å². The molecule has 2 heterocycles. The zero-order chi connectivity index (χ0) is 22.3. The van der Waals surface area contributed by atoms with Crippen LogP contribution in [-0.4, -0.2) is 29.4 Å². The van der Waals surface area contributed by atoms with Crippen LogP contribution in [0.5, 0.6) is 11.5 Å². The van der Waals surface area contributed by atoms with Crippen molar-refractivity contribution >= 4 is 5.97 Å². The van der Waals surface area contributed by atoms with Crippen LogP contribution in [0.3, 0.4) is 0 Å². The normalized spacial score (nSPS) is 20.2. The number of carbonyl (C=O) groups is 1. The molecule has 1 aliphatic carbocycles. The van der Waals surface area contributed by atoms with Gasteiger partial charge in [-0.05, 0) is 42.4 Å². The minimum Gasteiger partial charge on any atom is -0.493 e. The molecule has 2 aromatic rings. The number of methoxy groups -OCH3 is 1. The molecule has 0 unspecified atom stereocenters. The van der Waals surface area contributed by atoms with Gasteiger partial charge in [0, 0.05) is 36.2 Å². The fourth-order valence-electron chi connectivity index (χ4n) is 5.14. The average molecular weight is 422 g/mol. The maximum atomic E-state index is 12.5. The predicted molar refractivity (Wildman–Crippen MR) is 115 cm³/mol. The number of hydrogen-bond donors (Lipinski definition) is 1. The summed E-state index contributed by atoms with van der Waals surface area (Å²) in [5, 5.41) is 18.3. The van der Waals surface area contributed by atoms with E-state index >= 15 is 0 Å². The zero-order valence-electron chi connectivity index (χ0n) is 18.0. The number of aromatic nitrogens is 1. The molecule has 162 valence electrons. The number of hydrogen-bond acceptors (Lipinski definition) is 5. The molecule has 1 aromatic carbocycles. The highest BCUT2D eigenvalue weighted by molar-refractivity contribution is 5.88. The van der Waals surface area contributed by atoms with Crippen LogP contribution in [0.4, 0.5) is 0 Å². The van der Waals surface area contributed by atoms with Gasteiger partial charge in [-0.3, -0.25) is 4.79 Å². The summed E-state index contributed by atoms with van der Waals surface area (Å²) < 4.78 is 13.5. The van der Waals surface area contributed by atoms with E-state index in [0.29, 0.717) is 36.6 Å². The Bertz CT molecular complexity index is 1140. The third-order valence-corrected chi connectivity index (χ3v) is 6.59. The number of carboxylic acid groups (broad SMARTS) is 1. The minimum absolute atomic E-state index is 0.0357. The van der Waals surface area contributed by atoms with Gasteiger partial charge in [0.1, 0.15) is 5.56 Å². The monoisotopic (exact) mass is 422 g/mol. The van der Waals surface area contributed by atoms with Crippen molar-refractivity contribution < 1.29 is 19.4 Å². The maximum Gasteiger partial charge on any atom is 0.341 e. The summed E-state index contributed by atoms with van der Waals surface area (Å²) in [5.74, 6) is 0.138. The van der Waals surface area contributed by atoms with Crippen LogP contribution in [0, 0.1) is 16.7 Å². The van der Waals surface area contributed by atoms with Crippen molar-refractivity contribution in [2.24, 2.45) is 5.41 Å². The molecular formula is C24H26N2O5. The number of aromatic carboxylic acids is 1. The van der Waals surface area contributed by atoms with Crippen molar-refractivity contribution in [3.63, 3.8) is 0 Å². The van der Waals surface area contributed by atoms with Crippen LogP contribution in [0.2, 0.25) is 0 Å². The Hall–Kier alpha value is -3.27. The van der Waals surface area contributed by atoms with Crippen molar-refractivity contribution in [1.82, 2.24) is 4.57 Å². The first-order valence-electron chi connectivity index (χ1n) is 10.5. The Morgan fingerprint density at radius 2 is 2.10 bits per heavy atom. The summed E-state index contributed by atoms with van der Waals surface area (Å²) in [6.07, 6.45) is 4.51. The van der Waals surface area contributed by atoms with Crippen molar-refractivity contribution in [3.05, 3.63) is 45.7 Å². The molecule has 2 atom stereocenters. The molecule has 7 nitrogen and oxygen atoms in total. The summed E-state index contributed by atoms with van der Waals surface area (Å²) in [5.41, 5.74) is 1.89. The lowest BCUT2D eigenvalue weighted by Gasteiger charge is -2.40. The second kappa shape index (κ2) is 7.77. The van der Waals surface area contributed by atoms with Gasteiger partial charge in [0.15, 0.2) is 16.9 Å². The van der Waals surface area contributed by atoms with Gasteiger partial charge in [-0.15, -0.1) is 0 Å². The maximum absolute atomic E-state index is 12.5. The highest BCUT2D eigenvalue weighted by atomic mass is 16.5. The third-order valence-electron chi connectivity index (χ3n) is 6.59. The summed E-state index contributed by atoms with van der Waals surface area (Å²) in [6.45, 7) is 4.79. The van der Waals surface area contributed by atoms with Crippen LogP contribution in [-0.2, 0) is 0 Å². The van der Waals surface area contributed by atoms with E-state index in [1.165, 1.54) is 12.3 Å². The van der Waals surface area contributed by atoms with Crippen LogP contribution in [0.15, 0.2) is 29.2 Å². The van der Waals surface area contributed by atoms with E-state index < -0.39 is 11.4 Å². The molecule has 0 amide bonds. The van der Waals surface area contributed by atoms with Crippen molar-refractivity contribution in [2.45, 2.75) is 51.5 Å².